The first kappa shape index (κ1) is 21.0. The summed E-state index contributed by atoms with van der Waals surface area (Å²) in [5.74, 6) is -0.284. The Bertz CT molecular complexity index is 1090. The van der Waals surface area contributed by atoms with E-state index in [9.17, 15) is 14.9 Å². The molecule has 0 saturated carbocycles. The van der Waals surface area contributed by atoms with E-state index in [2.05, 4.69) is 5.10 Å². The van der Waals surface area contributed by atoms with Crippen LogP contribution in [0.5, 0.6) is 0 Å². The number of carbonyl (C=O) groups is 1. The Morgan fingerprint density at radius 3 is 2.37 bits per heavy atom. The van der Waals surface area contributed by atoms with Gasteiger partial charge in [0.05, 0.1) is 21.9 Å². The van der Waals surface area contributed by atoms with E-state index in [4.69, 9.17) is 0 Å². The Morgan fingerprint density at radius 2 is 1.77 bits per heavy atom. The fourth-order valence-electron chi connectivity index (χ4n) is 3.44. The average Bonchev–Trinajstić information content (AvgIpc) is 3.01. The number of aryl methyl sites for hydroxylation is 1. The number of nitrogens with zero attached hydrogens (tertiary/aromatic N) is 5. The van der Waals surface area contributed by atoms with E-state index in [0.29, 0.717) is 17.8 Å². The molecule has 3 aromatic rings. The number of rotatable bonds is 6. The number of para-hydroxylation sites is 1. The summed E-state index contributed by atoms with van der Waals surface area (Å²) in [6.45, 7) is 4.23. The van der Waals surface area contributed by atoms with Crippen LogP contribution in [-0.4, -0.2) is 46.7 Å². The van der Waals surface area contributed by atoms with Crippen molar-refractivity contribution in [2.75, 3.05) is 26.0 Å². The molecule has 30 heavy (non-hydrogen) atoms. The highest BCUT2D eigenvalue weighted by Crippen LogP contribution is 2.26. The summed E-state index contributed by atoms with van der Waals surface area (Å²) in [6, 6.07) is 14.1. The van der Waals surface area contributed by atoms with E-state index in [0.717, 1.165) is 22.6 Å². The standard InChI is InChI=1S/C22H25N5O3/c1-15-20(16(2)26(23-15)17-9-7-6-8-10-17)14-25(5)22(28)19-13-18(27(29)30)11-12-21(19)24(3)4/h6-13H,14H2,1-5H3. The second-order valence-electron chi connectivity index (χ2n) is 7.41. The molecule has 0 saturated heterocycles. The van der Waals surface area contributed by atoms with E-state index in [1.165, 1.54) is 12.1 Å². The van der Waals surface area contributed by atoms with E-state index in [1.807, 2.05) is 48.9 Å². The molecule has 8 heteroatoms. The molecule has 0 aliphatic rings. The lowest BCUT2D eigenvalue weighted by atomic mass is 10.1. The number of hydrogen-bond acceptors (Lipinski definition) is 5. The van der Waals surface area contributed by atoms with Crippen molar-refractivity contribution in [3.05, 3.63) is 81.2 Å². The number of anilines is 1. The molecule has 0 aliphatic carbocycles. The third kappa shape index (κ3) is 4.03. The Balaban J connectivity index is 1.93. The van der Waals surface area contributed by atoms with Gasteiger partial charge in [-0.25, -0.2) is 4.68 Å². The van der Waals surface area contributed by atoms with Crippen LogP contribution in [-0.2, 0) is 6.54 Å². The molecule has 1 aromatic heterocycles. The number of benzene rings is 2. The summed E-state index contributed by atoms with van der Waals surface area (Å²) in [4.78, 5) is 27.2. The molecule has 0 spiro atoms. The van der Waals surface area contributed by atoms with Gasteiger partial charge < -0.3 is 9.80 Å². The van der Waals surface area contributed by atoms with E-state index in [-0.39, 0.29) is 11.6 Å². The van der Waals surface area contributed by atoms with Crippen LogP contribution in [0.25, 0.3) is 5.69 Å². The molecule has 0 bridgehead atoms. The summed E-state index contributed by atoms with van der Waals surface area (Å²) < 4.78 is 1.86. The number of carbonyl (C=O) groups excluding carboxylic acids is 1. The zero-order chi connectivity index (χ0) is 22.0. The number of aromatic nitrogens is 2. The molecule has 0 aliphatic heterocycles. The fraction of sp³-hybridized carbons (Fsp3) is 0.273. The van der Waals surface area contributed by atoms with Crippen molar-refractivity contribution in [3.63, 3.8) is 0 Å². The second kappa shape index (κ2) is 8.36. The fourth-order valence-corrected chi connectivity index (χ4v) is 3.44. The van der Waals surface area contributed by atoms with Crippen molar-refractivity contribution >= 4 is 17.3 Å². The Kier molecular flexibility index (Phi) is 5.86. The molecular weight excluding hydrogens is 382 g/mol. The van der Waals surface area contributed by atoms with E-state index < -0.39 is 4.92 Å². The van der Waals surface area contributed by atoms with Crippen LogP contribution in [0.1, 0.15) is 27.3 Å². The van der Waals surface area contributed by atoms with Gasteiger partial charge in [0.15, 0.2) is 0 Å². The van der Waals surface area contributed by atoms with Crippen molar-refractivity contribution in [3.8, 4) is 5.69 Å². The van der Waals surface area contributed by atoms with Crippen LogP contribution in [0.15, 0.2) is 48.5 Å². The summed E-state index contributed by atoms with van der Waals surface area (Å²) in [6.07, 6.45) is 0. The smallest absolute Gasteiger partial charge is 0.270 e. The minimum absolute atomic E-state index is 0.110. The highest BCUT2D eigenvalue weighted by atomic mass is 16.6. The summed E-state index contributed by atoms with van der Waals surface area (Å²) in [5, 5.41) is 15.8. The summed E-state index contributed by atoms with van der Waals surface area (Å²) in [7, 11) is 5.30. The average molecular weight is 407 g/mol. The first-order valence-electron chi connectivity index (χ1n) is 9.52. The predicted molar refractivity (Wildman–Crippen MR) is 116 cm³/mol. The predicted octanol–water partition coefficient (Wildman–Crippen LogP) is 3.74. The lowest BCUT2D eigenvalue weighted by Gasteiger charge is -2.22. The van der Waals surface area contributed by atoms with Crippen LogP contribution in [0, 0.1) is 24.0 Å². The molecule has 1 heterocycles. The maximum atomic E-state index is 13.2. The number of non-ortho nitro benzene ring substituents is 1. The van der Waals surface area contributed by atoms with Gasteiger partial charge in [-0.3, -0.25) is 14.9 Å². The summed E-state index contributed by atoms with van der Waals surface area (Å²) >= 11 is 0. The molecule has 0 radical (unpaired) electrons. The Morgan fingerprint density at radius 1 is 1.10 bits per heavy atom. The topological polar surface area (TPSA) is 84.5 Å². The van der Waals surface area contributed by atoms with Crippen LogP contribution in [0.2, 0.25) is 0 Å². The van der Waals surface area contributed by atoms with Gasteiger partial charge in [0.25, 0.3) is 11.6 Å². The highest BCUT2D eigenvalue weighted by molar-refractivity contribution is 6.00. The Labute approximate surface area is 175 Å². The third-order valence-corrected chi connectivity index (χ3v) is 5.09. The molecule has 0 N–H and O–H groups in total. The molecule has 8 nitrogen and oxygen atoms in total. The summed E-state index contributed by atoms with van der Waals surface area (Å²) in [5.41, 5.74) is 4.50. The SMILES string of the molecule is Cc1nn(-c2ccccc2)c(C)c1CN(C)C(=O)c1cc([N+](=O)[O-])ccc1N(C)C. The van der Waals surface area contributed by atoms with E-state index >= 15 is 0 Å². The van der Waals surface area contributed by atoms with Crippen molar-refractivity contribution in [1.29, 1.82) is 0 Å². The molecule has 156 valence electrons. The van der Waals surface area contributed by atoms with Gasteiger partial charge in [-0.2, -0.15) is 5.10 Å². The normalized spacial score (nSPS) is 10.7. The molecule has 3 rings (SSSR count). The first-order valence-corrected chi connectivity index (χ1v) is 9.52. The van der Waals surface area contributed by atoms with E-state index in [1.54, 1.807) is 37.0 Å². The number of nitro groups is 1. The minimum atomic E-state index is -0.492. The highest BCUT2D eigenvalue weighted by Gasteiger charge is 2.23. The largest absolute Gasteiger partial charge is 0.377 e. The maximum Gasteiger partial charge on any atom is 0.270 e. The second-order valence-corrected chi connectivity index (χ2v) is 7.41. The van der Waals surface area contributed by atoms with Crippen LogP contribution >= 0.6 is 0 Å². The molecule has 1 amide bonds. The first-order chi connectivity index (χ1) is 14.2. The molecule has 0 fully saturated rings. The number of hydrogen-bond donors (Lipinski definition) is 0. The third-order valence-electron chi connectivity index (χ3n) is 5.09. The molecule has 0 unspecified atom stereocenters. The van der Waals surface area contributed by atoms with Gasteiger partial charge in [0.1, 0.15) is 0 Å². The molecular formula is C22H25N5O3. The van der Waals surface area contributed by atoms with Gasteiger partial charge >= 0.3 is 0 Å². The van der Waals surface area contributed by atoms with Gasteiger partial charge in [0, 0.05) is 56.8 Å². The van der Waals surface area contributed by atoms with Crippen molar-refractivity contribution < 1.29 is 9.72 Å². The van der Waals surface area contributed by atoms with Crippen LogP contribution in [0.3, 0.4) is 0 Å². The minimum Gasteiger partial charge on any atom is -0.377 e. The number of nitro benzene ring substituents is 1. The zero-order valence-corrected chi connectivity index (χ0v) is 17.8. The van der Waals surface area contributed by atoms with Crippen molar-refractivity contribution in [2.45, 2.75) is 20.4 Å². The number of amides is 1. The molecule has 0 atom stereocenters. The van der Waals surface area contributed by atoms with Gasteiger partial charge in [0.2, 0.25) is 0 Å². The van der Waals surface area contributed by atoms with Gasteiger partial charge in [-0.15, -0.1) is 0 Å². The van der Waals surface area contributed by atoms with Crippen molar-refractivity contribution in [1.82, 2.24) is 14.7 Å². The monoisotopic (exact) mass is 407 g/mol. The Hall–Kier alpha value is -3.68. The zero-order valence-electron chi connectivity index (χ0n) is 17.8. The lowest BCUT2D eigenvalue weighted by molar-refractivity contribution is -0.384. The van der Waals surface area contributed by atoms with Crippen LogP contribution in [0.4, 0.5) is 11.4 Å². The quantitative estimate of drug-likeness (QED) is 0.459. The van der Waals surface area contributed by atoms with Crippen LogP contribution < -0.4 is 4.90 Å². The molecule has 2 aromatic carbocycles. The van der Waals surface area contributed by atoms with Gasteiger partial charge in [-0.05, 0) is 32.0 Å². The lowest BCUT2D eigenvalue weighted by Crippen LogP contribution is -2.28. The van der Waals surface area contributed by atoms with Gasteiger partial charge in [-0.1, -0.05) is 18.2 Å². The maximum absolute atomic E-state index is 13.2. The van der Waals surface area contributed by atoms with Crippen molar-refractivity contribution in [2.24, 2.45) is 0 Å².